The highest BCUT2D eigenvalue weighted by Crippen LogP contribution is 2.44. The number of aromatic nitrogens is 10. The molecule has 8 aromatic heterocycles. The number of fused-ring (bicyclic) bond motifs is 18. The van der Waals surface area contributed by atoms with Crippen molar-refractivity contribution in [2.45, 2.75) is 0 Å². The van der Waals surface area contributed by atoms with Crippen LogP contribution in [0.2, 0.25) is 0 Å². The molecule has 0 aliphatic carbocycles. The lowest BCUT2D eigenvalue weighted by Crippen LogP contribution is -2.06. The summed E-state index contributed by atoms with van der Waals surface area (Å²) in [6.07, 6.45) is 0. The lowest BCUT2D eigenvalue weighted by atomic mass is 10.0. The predicted molar refractivity (Wildman–Crippen MR) is 515 cm³/mol. The van der Waals surface area contributed by atoms with Crippen molar-refractivity contribution in [2.24, 2.45) is 0 Å². The lowest BCUT2D eigenvalue weighted by molar-refractivity contribution is 0.669. The van der Waals surface area contributed by atoms with Gasteiger partial charge in [0.05, 0.1) is 44.1 Å². The van der Waals surface area contributed by atoms with E-state index in [1.54, 1.807) is 0 Å². The van der Waals surface area contributed by atoms with Crippen LogP contribution in [-0.4, -0.2) is 48.2 Å². The van der Waals surface area contributed by atoms with Crippen molar-refractivity contribution < 1.29 is 8.83 Å². The minimum atomic E-state index is 0.577. The molecule has 0 aliphatic rings. The molecule has 0 amide bonds. The molecule has 0 saturated carbocycles. The molecule has 0 saturated heterocycles. The molecule has 0 spiro atoms. The Morgan fingerprint density at radius 3 is 0.913 bits per heavy atom. The zero-order chi connectivity index (χ0) is 82.9. The highest BCUT2D eigenvalue weighted by Gasteiger charge is 2.25. The number of benzene rings is 18. The first-order valence-corrected chi connectivity index (χ1v) is 42.4. The third-order valence-corrected chi connectivity index (χ3v) is 24.8. The third-order valence-electron chi connectivity index (χ3n) is 24.8. The highest BCUT2D eigenvalue weighted by molar-refractivity contribution is 6.16. The monoisotopic (exact) mass is 1610 g/mol. The Bertz CT molecular complexity index is 8700. The van der Waals surface area contributed by atoms with Crippen molar-refractivity contribution >= 4 is 131 Å². The lowest BCUT2D eigenvalue weighted by Gasteiger charge is -2.11. The van der Waals surface area contributed by atoms with Crippen LogP contribution in [0.25, 0.3) is 244 Å². The predicted octanol–water partition coefficient (Wildman–Crippen LogP) is 29.3. The van der Waals surface area contributed by atoms with Gasteiger partial charge >= 0.3 is 0 Å². The molecule has 26 aromatic rings. The summed E-state index contributed by atoms with van der Waals surface area (Å²) in [5.41, 5.74) is 27.4. The van der Waals surface area contributed by atoms with Gasteiger partial charge in [-0.2, -0.15) is 19.9 Å². The largest absolute Gasteiger partial charge is 0.456 e. The number of rotatable bonds is 12. The molecule has 0 bridgehead atoms. The summed E-state index contributed by atoms with van der Waals surface area (Å²) in [7, 11) is 0. The fraction of sp³-hybridized carbons (Fsp3) is 0. The molecule has 0 fully saturated rings. The van der Waals surface area contributed by atoms with E-state index in [1.165, 1.54) is 27.1 Å². The second-order valence-corrected chi connectivity index (χ2v) is 32.1. The van der Waals surface area contributed by atoms with Crippen LogP contribution in [0.1, 0.15) is 0 Å². The smallest absolute Gasteiger partial charge is 0.238 e. The van der Waals surface area contributed by atoms with E-state index in [4.69, 9.17) is 38.7 Å². The number of furan rings is 2. The summed E-state index contributed by atoms with van der Waals surface area (Å²) in [4.78, 5) is 30.4. The van der Waals surface area contributed by atoms with E-state index in [0.29, 0.717) is 35.2 Å². The fourth-order valence-electron chi connectivity index (χ4n) is 18.9. The molecule has 0 N–H and O–H groups in total. The van der Waals surface area contributed by atoms with Gasteiger partial charge in [-0.05, 0) is 148 Å². The summed E-state index contributed by atoms with van der Waals surface area (Å²) in [5, 5.41) is 13.9. The van der Waals surface area contributed by atoms with Crippen LogP contribution in [0.4, 0.5) is 0 Å². The van der Waals surface area contributed by atoms with E-state index in [0.717, 1.165) is 182 Å². The van der Waals surface area contributed by atoms with Gasteiger partial charge in [-0.25, -0.2) is 9.97 Å². The molecular weight excluding hydrogens is 1540 g/mol. The molecule has 0 radical (unpaired) electrons. The van der Waals surface area contributed by atoms with Gasteiger partial charge in [0.1, 0.15) is 22.3 Å². The fourth-order valence-corrected chi connectivity index (χ4v) is 18.9. The Morgan fingerprint density at radius 1 is 0.159 bits per heavy atom. The van der Waals surface area contributed by atoms with Crippen LogP contribution in [0.15, 0.2) is 433 Å². The van der Waals surface area contributed by atoms with Crippen molar-refractivity contribution in [1.82, 2.24) is 48.2 Å². The minimum Gasteiger partial charge on any atom is -0.456 e. The molecule has 126 heavy (non-hydrogen) atoms. The van der Waals surface area contributed by atoms with Crippen LogP contribution >= 0.6 is 0 Å². The summed E-state index contributed by atoms with van der Waals surface area (Å²) in [6, 6.07) is 149. The SMILES string of the molecule is c1ccc(-c2nc(-c3ccccc3)nc(-n3c4ccccc4c4cc(-c5ccc6c7ccccc7n(-c7ccc(-c8ccc9oc%10ccccc%10c9c8)cc7)c6c5)ccc43)n2)cc1.c1ccc(-c2nc(-c3ccccc3)nc(-n3c4ccccc4c4cc(-c5ccc6c7ccccc7n(-c7ccc(-c8cccc9c8oc8ccccc89)cc7)c6c5)ccc43)n2)cc1. The van der Waals surface area contributed by atoms with Crippen molar-refractivity contribution in [1.29, 1.82) is 0 Å². The average Bonchev–Trinajstić information content (AvgIpc) is 1.58. The van der Waals surface area contributed by atoms with Gasteiger partial charge < -0.3 is 18.0 Å². The normalized spacial score (nSPS) is 11.8. The number of nitrogens with zero attached hydrogens (tertiary/aromatic N) is 10. The third kappa shape index (κ3) is 12.0. The molecule has 12 nitrogen and oxygen atoms in total. The highest BCUT2D eigenvalue weighted by atomic mass is 16.3. The first kappa shape index (κ1) is 71.7. The van der Waals surface area contributed by atoms with Crippen molar-refractivity contribution in [3.8, 4) is 113 Å². The molecule has 12 heteroatoms. The molecule has 18 aromatic carbocycles. The Kier molecular flexibility index (Phi) is 16.7. The maximum atomic E-state index is 6.41. The van der Waals surface area contributed by atoms with Crippen LogP contribution in [0, 0.1) is 0 Å². The van der Waals surface area contributed by atoms with E-state index < -0.39 is 0 Å². The zero-order valence-electron chi connectivity index (χ0n) is 67.7. The van der Waals surface area contributed by atoms with E-state index in [2.05, 4.69) is 297 Å². The second kappa shape index (κ2) is 29.3. The van der Waals surface area contributed by atoms with Crippen molar-refractivity contribution in [3.63, 3.8) is 0 Å². The first-order valence-electron chi connectivity index (χ1n) is 42.4. The average molecular weight is 1610 g/mol. The number of hydrogen-bond acceptors (Lipinski definition) is 8. The molecule has 588 valence electrons. The zero-order valence-corrected chi connectivity index (χ0v) is 67.7. The molecule has 0 atom stereocenters. The second-order valence-electron chi connectivity index (χ2n) is 32.1. The summed E-state index contributed by atoms with van der Waals surface area (Å²) in [5.74, 6) is 3.67. The standard InChI is InChI=1S/2C57H35N5O/c1-3-14-37(15-4-1)55-58-56(38-16-5-2-6-17-38)60-57(59-55)62-50-24-11-8-19-44(50)48-34-39(29-33-51(48)62)40-28-32-45-43-18-7-10-23-49(43)61(52(45)35-40)41-30-26-36(27-31-41)42-21-13-22-47-46-20-9-12-25-53(46)63-54(42)47;1-3-13-37(14-4-1)55-58-56(38-15-5-2-6-16-38)60-57(59-55)62-50-21-11-8-18-44(50)47-33-40(26-31-51(47)62)41-25-30-45-43-17-7-10-20-49(43)61(52(45)35-41)42-28-23-36(24-29-42)39-27-32-54-48(34-39)46-19-9-12-22-53(46)63-54/h2*1-35H. The molecule has 0 aliphatic heterocycles. The van der Waals surface area contributed by atoms with E-state index in [1.807, 2.05) is 146 Å². The van der Waals surface area contributed by atoms with Gasteiger partial charge in [0.15, 0.2) is 23.3 Å². The van der Waals surface area contributed by atoms with E-state index in [9.17, 15) is 0 Å². The van der Waals surface area contributed by atoms with Crippen LogP contribution in [0.3, 0.4) is 0 Å². The summed E-state index contributed by atoms with van der Waals surface area (Å²) in [6.45, 7) is 0. The maximum absolute atomic E-state index is 6.41. The van der Waals surface area contributed by atoms with E-state index >= 15 is 0 Å². The summed E-state index contributed by atoms with van der Waals surface area (Å²) < 4.78 is 21.7. The van der Waals surface area contributed by atoms with Gasteiger partial charge in [-0.1, -0.05) is 315 Å². The van der Waals surface area contributed by atoms with Gasteiger partial charge in [0.2, 0.25) is 11.9 Å². The molecule has 0 unspecified atom stereocenters. The number of para-hydroxylation sites is 7. The Labute approximate surface area is 721 Å². The quantitative estimate of drug-likeness (QED) is 0.118. The Balaban J connectivity index is 0.000000137. The summed E-state index contributed by atoms with van der Waals surface area (Å²) >= 11 is 0. The maximum Gasteiger partial charge on any atom is 0.238 e. The van der Waals surface area contributed by atoms with Gasteiger partial charge in [0.25, 0.3) is 0 Å². The number of hydrogen-bond donors (Lipinski definition) is 0. The molecule has 26 rings (SSSR count). The van der Waals surface area contributed by atoms with E-state index in [-0.39, 0.29) is 0 Å². The molecule has 8 heterocycles. The Hall–Kier alpha value is -17.2. The van der Waals surface area contributed by atoms with Crippen LogP contribution < -0.4 is 0 Å². The van der Waals surface area contributed by atoms with Crippen LogP contribution in [-0.2, 0) is 0 Å². The topological polar surface area (TPSA) is 123 Å². The van der Waals surface area contributed by atoms with Crippen LogP contribution in [0.5, 0.6) is 0 Å². The van der Waals surface area contributed by atoms with Crippen molar-refractivity contribution in [3.05, 3.63) is 425 Å². The molecular formula is C114H70N10O2. The Morgan fingerprint density at radius 2 is 0.460 bits per heavy atom. The first-order chi connectivity index (χ1) is 62.4. The van der Waals surface area contributed by atoms with Gasteiger partial charge in [-0.15, -0.1) is 0 Å². The van der Waals surface area contributed by atoms with Gasteiger partial charge in [-0.3, -0.25) is 9.13 Å². The van der Waals surface area contributed by atoms with Gasteiger partial charge in [0, 0.05) is 104 Å². The minimum absolute atomic E-state index is 0.577. The van der Waals surface area contributed by atoms with Crippen molar-refractivity contribution in [2.75, 3.05) is 0 Å².